The normalized spacial score (nSPS) is 8.95. The van der Waals surface area contributed by atoms with Gasteiger partial charge in [-0.1, -0.05) is 23.7 Å². The van der Waals surface area contributed by atoms with Crippen LogP contribution in [0.1, 0.15) is 5.56 Å². The number of nitro benzene ring substituents is 2. The van der Waals surface area contributed by atoms with Crippen LogP contribution >= 0.6 is 11.6 Å². The van der Waals surface area contributed by atoms with E-state index in [2.05, 4.69) is 0 Å². The fourth-order valence-corrected chi connectivity index (χ4v) is 1.45. The molecule has 7 nitrogen and oxygen atoms in total. The van der Waals surface area contributed by atoms with E-state index in [4.69, 9.17) is 16.9 Å². The molecule has 8 heteroatoms. The van der Waals surface area contributed by atoms with Crippen molar-refractivity contribution in [3.8, 4) is 6.07 Å². The second-order valence-corrected chi connectivity index (χ2v) is 4.03. The second kappa shape index (κ2) is 7.57. The fourth-order valence-electron chi connectivity index (χ4n) is 1.27. The summed E-state index contributed by atoms with van der Waals surface area (Å²) in [4.78, 5) is 19.0. The Morgan fingerprint density at radius 3 is 1.86 bits per heavy atom. The smallest absolute Gasteiger partial charge is 0.258 e. The minimum absolute atomic E-state index is 0.274. The van der Waals surface area contributed by atoms with Crippen LogP contribution in [0.5, 0.6) is 0 Å². The quantitative estimate of drug-likeness (QED) is 0.620. The first-order chi connectivity index (χ1) is 9.95. The van der Waals surface area contributed by atoms with Crippen LogP contribution in [0.2, 0.25) is 5.02 Å². The molecular weight excluding hydrogens is 298 g/mol. The summed E-state index contributed by atoms with van der Waals surface area (Å²) < 4.78 is 0. The maximum Gasteiger partial charge on any atom is 0.276 e. The van der Waals surface area contributed by atoms with Gasteiger partial charge < -0.3 is 0 Å². The van der Waals surface area contributed by atoms with Crippen LogP contribution in [0.3, 0.4) is 0 Å². The van der Waals surface area contributed by atoms with Gasteiger partial charge in [-0.2, -0.15) is 5.26 Å². The molecule has 0 fully saturated rings. The molecule has 0 saturated heterocycles. The molecule has 0 aromatic heterocycles. The standard InChI is InChI=1S/C7H4ClN.C6H4N2O4/c8-7-4-2-1-3-6(7)5-9;9-7(10)5-2-1-3-6(4-5)8(11)12/h1-4H;1-4H. The van der Waals surface area contributed by atoms with E-state index in [0.29, 0.717) is 10.6 Å². The zero-order chi connectivity index (χ0) is 15.8. The van der Waals surface area contributed by atoms with Gasteiger partial charge in [0.15, 0.2) is 0 Å². The lowest BCUT2D eigenvalue weighted by Crippen LogP contribution is -1.91. The number of rotatable bonds is 2. The number of hydrogen-bond acceptors (Lipinski definition) is 5. The average Bonchev–Trinajstić information content (AvgIpc) is 2.48. The molecule has 2 rings (SSSR count). The number of nitro groups is 2. The molecule has 2 aromatic carbocycles. The van der Waals surface area contributed by atoms with Gasteiger partial charge >= 0.3 is 0 Å². The van der Waals surface area contributed by atoms with Crippen LogP contribution in [0, 0.1) is 31.6 Å². The third kappa shape index (κ3) is 4.89. The molecular formula is C13H8ClN3O4. The Kier molecular flexibility index (Phi) is 5.80. The number of halogens is 1. The summed E-state index contributed by atoms with van der Waals surface area (Å²) in [5.74, 6) is 0. The summed E-state index contributed by atoms with van der Waals surface area (Å²) in [6, 6.07) is 13.5. The molecule has 106 valence electrons. The summed E-state index contributed by atoms with van der Waals surface area (Å²) in [6.45, 7) is 0. The highest BCUT2D eigenvalue weighted by Crippen LogP contribution is 2.18. The van der Waals surface area contributed by atoms with Crippen molar-refractivity contribution >= 4 is 23.0 Å². The highest BCUT2D eigenvalue weighted by molar-refractivity contribution is 6.31. The SMILES string of the molecule is N#Cc1ccccc1Cl.O=[N+]([O-])c1cccc([N+](=O)[O-])c1. The van der Waals surface area contributed by atoms with Crippen LogP contribution in [0.4, 0.5) is 11.4 Å². The van der Waals surface area contributed by atoms with Crippen LogP contribution < -0.4 is 0 Å². The van der Waals surface area contributed by atoms with E-state index in [1.807, 2.05) is 6.07 Å². The number of nitrogens with zero attached hydrogens (tertiary/aromatic N) is 3. The van der Waals surface area contributed by atoms with Crippen molar-refractivity contribution in [1.82, 2.24) is 0 Å². The van der Waals surface area contributed by atoms with Gasteiger partial charge in [0.05, 0.1) is 26.5 Å². The predicted octanol–water partition coefficient (Wildman–Crippen LogP) is 3.71. The first-order valence-electron chi connectivity index (χ1n) is 5.49. The molecule has 0 radical (unpaired) electrons. The van der Waals surface area contributed by atoms with Crippen molar-refractivity contribution in [3.05, 3.63) is 79.3 Å². The largest absolute Gasteiger partial charge is 0.276 e. The number of non-ortho nitro benzene ring substituents is 2. The van der Waals surface area contributed by atoms with Gasteiger partial charge in [-0.15, -0.1) is 0 Å². The monoisotopic (exact) mass is 305 g/mol. The highest BCUT2D eigenvalue weighted by Gasteiger charge is 2.11. The highest BCUT2D eigenvalue weighted by atomic mass is 35.5. The topological polar surface area (TPSA) is 110 Å². The fraction of sp³-hybridized carbons (Fsp3) is 0. The Bertz CT molecular complexity index is 683. The molecule has 0 bridgehead atoms. The Hall–Kier alpha value is -2.98. The van der Waals surface area contributed by atoms with Gasteiger partial charge in [-0.3, -0.25) is 20.2 Å². The van der Waals surface area contributed by atoms with E-state index < -0.39 is 9.85 Å². The number of benzene rings is 2. The molecule has 0 aliphatic carbocycles. The summed E-state index contributed by atoms with van der Waals surface area (Å²) in [7, 11) is 0. The van der Waals surface area contributed by atoms with Gasteiger partial charge in [0.1, 0.15) is 6.07 Å². The first-order valence-corrected chi connectivity index (χ1v) is 5.87. The molecule has 21 heavy (non-hydrogen) atoms. The zero-order valence-electron chi connectivity index (χ0n) is 10.5. The van der Waals surface area contributed by atoms with Gasteiger partial charge in [0.2, 0.25) is 0 Å². The summed E-state index contributed by atoms with van der Waals surface area (Å²) in [5, 5.41) is 29.2. The molecule has 2 aromatic rings. The maximum absolute atomic E-state index is 10.2. The van der Waals surface area contributed by atoms with E-state index in [9.17, 15) is 20.2 Å². The van der Waals surface area contributed by atoms with Gasteiger partial charge in [0.25, 0.3) is 11.4 Å². The Balaban J connectivity index is 0.000000219. The molecule has 0 heterocycles. The van der Waals surface area contributed by atoms with E-state index in [0.717, 1.165) is 6.07 Å². The van der Waals surface area contributed by atoms with Crippen LogP contribution in [-0.4, -0.2) is 9.85 Å². The summed E-state index contributed by atoms with van der Waals surface area (Å²) in [5.41, 5.74) is -0.0208. The third-order valence-electron chi connectivity index (χ3n) is 2.25. The van der Waals surface area contributed by atoms with Crippen molar-refractivity contribution in [1.29, 1.82) is 5.26 Å². The first kappa shape index (κ1) is 16.1. The van der Waals surface area contributed by atoms with Crippen molar-refractivity contribution in [3.63, 3.8) is 0 Å². The van der Waals surface area contributed by atoms with E-state index in [1.165, 1.54) is 18.2 Å². The number of hydrogen-bond donors (Lipinski definition) is 0. The van der Waals surface area contributed by atoms with E-state index in [-0.39, 0.29) is 11.4 Å². The maximum atomic E-state index is 10.2. The lowest BCUT2D eigenvalue weighted by Gasteiger charge is -1.90. The Labute approximate surface area is 124 Å². The molecule has 0 unspecified atom stereocenters. The minimum Gasteiger partial charge on any atom is -0.258 e. The van der Waals surface area contributed by atoms with E-state index >= 15 is 0 Å². The van der Waals surface area contributed by atoms with Crippen molar-refractivity contribution in [2.75, 3.05) is 0 Å². The summed E-state index contributed by atoms with van der Waals surface area (Å²) in [6.07, 6.45) is 0. The Morgan fingerprint density at radius 2 is 1.48 bits per heavy atom. The Morgan fingerprint density at radius 1 is 0.952 bits per heavy atom. The van der Waals surface area contributed by atoms with Crippen LogP contribution in [-0.2, 0) is 0 Å². The lowest BCUT2D eigenvalue weighted by atomic mass is 10.2. The predicted molar refractivity (Wildman–Crippen MR) is 75.9 cm³/mol. The molecule has 0 spiro atoms. The van der Waals surface area contributed by atoms with Crippen molar-refractivity contribution in [2.24, 2.45) is 0 Å². The van der Waals surface area contributed by atoms with E-state index in [1.54, 1.807) is 24.3 Å². The minimum atomic E-state index is -0.674. The second-order valence-electron chi connectivity index (χ2n) is 3.63. The van der Waals surface area contributed by atoms with Gasteiger partial charge in [0, 0.05) is 12.1 Å². The van der Waals surface area contributed by atoms with Gasteiger partial charge in [-0.25, -0.2) is 0 Å². The lowest BCUT2D eigenvalue weighted by molar-refractivity contribution is -0.394. The molecule has 0 amide bonds. The van der Waals surface area contributed by atoms with Crippen LogP contribution in [0.25, 0.3) is 0 Å². The molecule has 0 saturated carbocycles. The zero-order valence-corrected chi connectivity index (χ0v) is 11.2. The molecule has 0 N–H and O–H groups in total. The van der Waals surface area contributed by atoms with Crippen LogP contribution in [0.15, 0.2) is 48.5 Å². The molecule has 0 aliphatic heterocycles. The summed E-state index contributed by atoms with van der Waals surface area (Å²) >= 11 is 5.60. The molecule has 0 atom stereocenters. The molecule has 0 aliphatic rings. The van der Waals surface area contributed by atoms with Crippen molar-refractivity contribution < 1.29 is 9.85 Å². The van der Waals surface area contributed by atoms with Crippen molar-refractivity contribution in [2.45, 2.75) is 0 Å². The average molecular weight is 306 g/mol. The van der Waals surface area contributed by atoms with Gasteiger partial charge in [-0.05, 0) is 18.2 Å². The third-order valence-corrected chi connectivity index (χ3v) is 2.58. The number of nitriles is 1.